The number of halogens is 12. The smallest absolute Gasteiger partial charge is 0.218 e. The molecule has 0 nitrogen and oxygen atoms in total. The lowest BCUT2D eigenvalue weighted by Crippen LogP contribution is -2.50. The van der Waals surface area contributed by atoms with Gasteiger partial charge in [0, 0.05) is 15.6 Å². The van der Waals surface area contributed by atoms with Crippen molar-refractivity contribution in [3.8, 4) is 11.1 Å². The van der Waals surface area contributed by atoms with E-state index in [9.17, 15) is 48.3 Å². The monoisotopic (exact) mass is 514 g/mol. The zero-order valence-corrected chi connectivity index (χ0v) is 16.2. The van der Waals surface area contributed by atoms with Crippen molar-refractivity contribution in [2.24, 2.45) is 0 Å². The van der Waals surface area contributed by atoms with E-state index in [1.807, 2.05) is 0 Å². The zero-order chi connectivity index (χ0) is 23.3. The molecule has 0 saturated carbocycles. The van der Waals surface area contributed by atoms with Crippen LogP contribution in [0.1, 0.15) is 23.6 Å². The van der Waals surface area contributed by atoms with Crippen LogP contribution in [0.15, 0.2) is 34.8 Å². The van der Waals surface area contributed by atoms with Crippen molar-refractivity contribution in [2.75, 3.05) is 0 Å². The Morgan fingerprint density at radius 3 is 1.73 bits per heavy atom. The van der Waals surface area contributed by atoms with Gasteiger partial charge in [-0.15, -0.1) is 0 Å². The SMILES string of the molecule is CCc1cc(Br)c(-c2ccc(F)c(C(F)(F)F)c2)c(C(F)(C(F)(F)F)C(F)(F)F)c1. The number of alkyl halides is 10. The summed E-state index contributed by atoms with van der Waals surface area (Å²) in [6.45, 7) is 1.37. The Labute approximate surface area is 170 Å². The first-order chi connectivity index (χ1) is 13.4. The first-order valence-corrected chi connectivity index (χ1v) is 8.76. The maximum Gasteiger partial charge on any atom is 0.435 e. The van der Waals surface area contributed by atoms with Crippen LogP contribution in [0.5, 0.6) is 0 Å². The molecule has 0 saturated heterocycles. The second kappa shape index (κ2) is 7.69. The van der Waals surface area contributed by atoms with Crippen molar-refractivity contribution >= 4 is 15.9 Å². The van der Waals surface area contributed by atoms with Gasteiger partial charge in [-0.3, -0.25) is 0 Å². The largest absolute Gasteiger partial charge is 0.435 e. The highest BCUT2D eigenvalue weighted by atomic mass is 79.9. The molecule has 0 aliphatic heterocycles. The summed E-state index contributed by atoms with van der Waals surface area (Å²) in [5, 5.41) is 0. The summed E-state index contributed by atoms with van der Waals surface area (Å²) in [6, 6.07) is 2.12. The van der Waals surface area contributed by atoms with Gasteiger partial charge in [0.05, 0.1) is 5.56 Å². The Bertz CT molecular complexity index is 925. The molecule has 0 aliphatic carbocycles. The minimum Gasteiger partial charge on any atom is -0.218 e. The highest BCUT2D eigenvalue weighted by molar-refractivity contribution is 9.10. The summed E-state index contributed by atoms with van der Waals surface area (Å²) >= 11 is 2.72. The molecule has 0 aliphatic rings. The summed E-state index contributed by atoms with van der Waals surface area (Å²) in [5.74, 6) is -1.80. The molecule has 166 valence electrons. The van der Waals surface area contributed by atoms with Gasteiger partial charge in [-0.25, -0.2) is 8.78 Å². The average Bonchev–Trinajstić information content (AvgIpc) is 2.58. The van der Waals surface area contributed by atoms with Crippen molar-refractivity contribution in [1.82, 2.24) is 0 Å². The Morgan fingerprint density at radius 1 is 0.767 bits per heavy atom. The van der Waals surface area contributed by atoms with Gasteiger partial charge in [-0.1, -0.05) is 35.0 Å². The Balaban J connectivity index is 3.00. The van der Waals surface area contributed by atoms with Gasteiger partial charge in [-0.05, 0) is 35.7 Å². The Kier molecular flexibility index (Phi) is 6.26. The molecule has 0 N–H and O–H groups in total. The second-order valence-electron chi connectivity index (χ2n) is 6.20. The summed E-state index contributed by atoms with van der Waals surface area (Å²) in [6.07, 6.45) is -18.4. The number of rotatable bonds is 3. The summed E-state index contributed by atoms with van der Waals surface area (Å²) in [4.78, 5) is 0. The Morgan fingerprint density at radius 2 is 1.30 bits per heavy atom. The number of hydrogen-bond donors (Lipinski definition) is 0. The van der Waals surface area contributed by atoms with Crippen molar-refractivity contribution in [3.05, 3.63) is 57.3 Å². The maximum atomic E-state index is 14.8. The molecule has 0 radical (unpaired) electrons. The van der Waals surface area contributed by atoms with Crippen LogP contribution in [-0.4, -0.2) is 12.4 Å². The van der Waals surface area contributed by atoms with Gasteiger partial charge in [0.2, 0.25) is 0 Å². The quantitative estimate of drug-likeness (QED) is 0.363. The third-order valence-electron chi connectivity index (χ3n) is 4.27. The van der Waals surface area contributed by atoms with Crippen LogP contribution in [0.3, 0.4) is 0 Å². The Hall–Kier alpha value is -1.85. The van der Waals surface area contributed by atoms with E-state index in [2.05, 4.69) is 15.9 Å². The van der Waals surface area contributed by atoms with Crippen molar-refractivity contribution < 1.29 is 48.3 Å². The molecule has 12 heteroatoms. The van der Waals surface area contributed by atoms with Gasteiger partial charge in [-0.2, -0.15) is 39.5 Å². The van der Waals surface area contributed by atoms with E-state index in [-0.39, 0.29) is 30.2 Å². The standard InChI is InChI=1S/C18H10BrF11/c1-2-8-5-11(15(21,17(25,26)27)18(28,29)30)14(12(19)6-8)9-3-4-13(20)10(7-9)16(22,23)24/h3-7H,2H2,1H3. The molecule has 0 atom stereocenters. The predicted octanol–water partition coefficient (Wildman–Crippen LogP) is 8.13. The zero-order valence-electron chi connectivity index (χ0n) is 14.6. The van der Waals surface area contributed by atoms with Crippen LogP contribution in [0, 0.1) is 5.82 Å². The molecule has 0 bridgehead atoms. The van der Waals surface area contributed by atoms with E-state index in [1.54, 1.807) is 0 Å². The van der Waals surface area contributed by atoms with E-state index < -0.39 is 56.7 Å². The van der Waals surface area contributed by atoms with Crippen molar-refractivity contribution in [1.29, 1.82) is 0 Å². The predicted molar refractivity (Wildman–Crippen MR) is 88.8 cm³/mol. The lowest BCUT2D eigenvalue weighted by atomic mass is 9.85. The number of benzene rings is 2. The average molecular weight is 515 g/mol. The van der Waals surface area contributed by atoms with Crippen LogP contribution in [0.4, 0.5) is 48.3 Å². The molecule has 0 unspecified atom stereocenters. The van der Waals surface area contributed by atoms with Crippen molar-refractivity contribution in [3.63, 3.8) is 0 Å². The molecular formula is C18H10BrF11. The lowest BCUT2D eigenvalue weighted by molar-refractivity contribution is -0.348. The van der Waals surface area contributed by atoms with E-state index >= 15 is 0 Å². The first-order valence-electron chi connectivity index (χ1n) is 7.97. The molecular weight excluding hydrogens is 505 g/mol. The molecule has 0 amide bonds. The van der Waals surface area contributed by atoms with E-state index in [0.717, 1.165) is 6.07 Å². The number of aryl methyl sites for hydroxylation is 1. The van der Waals surface area contributed by atoms with Crippen LogP contribution >= 0.6 is 15.9 Å². The molecule has 2 aromatic rings. The maximum absolute atomic E-state index is 14.8. The molecule has 0 heterocycles. The van der Waals surface area contributed by atoms with Crippen LogP contribution in [-0.2, 0) is 18.3 Å². The topological polar surface area (TPSA) is 0 Å². The van der Waals surface area contributed by atoms with Crippen LogP contribution < -0.4 is 0 Å². The van der Waals surface area contributed by atoms with Gasteiger partial charge in [0.25, 0.3) is 0 Å². The molecule has 0 fully saturated rings. The van der Waals surface area contributed by atoms with Gasteiger partial charge in [0.1, 0.15) is 5.82 Å². The third kappa shape index (κ3) is 4.15. The fraction of sp³-hybridized carbons (Fsp3) is 0.333. The first kappa shape index (κ1) is 24.4. The van der Waals surface area contributed by atoms with Gasteiger partial charge in [0.15, 0.2) is 0 Å². The molecule has 2 aromatic carbocycles. The van der Waals surface area contributed by atoms with Crippen LogP contribution in [0.25, 0.3) is 11.1 Å². The van der Waals surface area contributed by atoms with E-state index in [1.165, 1.54) is 6.92 Å². The van der Waals surface area contributed by atoms with Crippen LogP contribution in [0.2, 0.25) is 0 Å². The molecule has 0 spiro atoms. The van der Waals surface area contributed by atoms with Gasteiger partial charge >= 0.3 is 24.2 Å². The summed E-state index contributed by atoms with van der Waals surface area (Å²) in [5.41, 5.74) is -11.9. The third-order valence-corrected chi connectivity index (χ3v) is 4.90. The highest BCUT2D eigenvalue weighted by Gasteiger charge is 2.74. The van der Waals surface area contributed by atoms with E-state index in [4.69, 9.17) is 0 Å². The second-order valence-corrected chi connectivity index (χ2v) is 7.05. The fourth-order valence-electron chi connectivity index (χ4n) is 2.80. The van der Waals surface area contributed by atoms with Gasteiger partial charge < -0.3 is 0 Å². The summed E-state index contributed by atoms with van der Waals surface area (Å²) in [7, 11) is 0. The molecule has 30 heavy (non-hydrogen) atoms. The van der Waals surface area contributed by atoms with Crippen molar-refractivity contribution in [2.45, 2.75) is 37.5 Å². The highest BCUT2D eigenvalue weighted by Crippen LogP contribution is 2.56. The minimum atomic E-state index is -6.49. The number of hydrogen-bond acceptors (Lipinski definition) is 0. The molecule has 2 rings (SSSR count). The summed E-state index contributed by atoms with van der Waals surface area (Å²) < 4.78 is 147. The molecule has 0 aromatic heterocycles. The normalized spacial score (nSPS) is 13.6. The lowest BCUT2D eigenvalue weighted by Gasteiger charge is -2.32. The fourth-order valence-corrected chi connectivity index (χ4v) is 3.53. The van der Waals surface area contributed by atoms with E-state index in [0.29, 0.717) is 6.07 Å². The minimum absolute atomic E-state index is 0.0255.